The van der Waals surface area contributed by atoms with Gasteiger partial charge in [-0.3, -0.25) is 4.79 Å². The molecule has 4 bridgehead atoms. The predicted molar refractivity (Wildman–Crippen MR) is 61.9 cm³/mol. The van der Waals surface area contributed by atoms with Crippen molar-refractivity contribution in [2.45, 2.75) is 58.5 Å². The zero-order chi connectivity index (χ0) is 11.8. The van der Waals surface area contributed by atoms with Crippen molar-refractivity contribution >= 4 is 5.78 Å². The Morgan fingerprint density at radius 1 is 1.25 bits per heavy atom. The largest absolute Gasteiger partial charge is 0.389 e. The van der Waals surface area contributed by atoms with Crippen molar-refractivity contribution in [3.8, 4) is 0 Å². The summed E-state index contributed by atoms with van der Waals surface area (Å²) in [6, 6.07) is 0. The predicted octanol–water partition coefficient (Wildman–Crippen LogP) is 2.54. The van der Waals surface area contributed by atoms with Gasteiger partial charge in [-0.15, -0.1) is 0 Å². The molecule has 2 nitrogen and oxygen atoms in total. The third-order valence-corrected chi connectivity index (χ3v) is 6.45. The summed E-state index contributed by atoms with van der Waals surface area (Å²) in [5.41, 5.74) is -0.780. The lowest BCUT2D eigenvalue weighted by Gasteiger charge is -2.69. The Bertz CT molecular complexity index is 360. The van der Waals surface area contributed by atoms with Crippen LogP contribution in [0.1, 0.15) is 52.9 Å². The van der Waals surface area contributed by atoms with Gasteiger partial charge in [0.1, 0.15) is 5.78 Å². The molecule has 0 aromatic rings. The number of ketones is 1. The summed E-state index contributed by atoms with van der Waals surface area (Å²) in [5.74, 6) is 1.08. The van der Waals surface area contributed by atoms with Crippen LogP contribution in [0.5, 0.6) is 0 Å². The molecule has 0 saturated heterocycles. The Labute approximate surface area is 97.4 Å². The second-order valence-electron chi connectivity index (χ2n) is 6.99. The fourth-order valence-electron chi connectivity index (χ4n) is 5.11. The molecule has 0 heterocycles. The van der Waals surface area contributed by atoms with Crippen LogP contribution in [-0.4, -0.2) is 16.5 Å². The lowest BCUT2D eigenvalue weighted by molar-refractivity contribution is -0.271. The van der Waals surface area contributed by atoms with Crippen molar-refractivity contribution in [1.82, 2.24) is 0 Å². The molecule has 16 heavy (non-hydrogen) atoms. The third kappa shape index (κ3) is 0.883. The molecule has 0 spiro atoms. The molecule has 4 aliphatic carbocycles. The number of Topliss-reactive ketones (excluding diaryl/α,β-unsaturated/α-hetero) is 1. The highest BCUT2D eigenvalue weighted by atomic mass is 16.3. The number of carbonyl (C=O) groups excluding carboxylic acids is 1. The summed E-state index contributed by atoms with van der Waals surface area (Å²) in [4.78, 5) is 12.0. The molecule has 0 aromatic heterocycles. The van der Waals surface area contributed by atoms with Gasteiger partial charge in [-0.25, -0.2) is 0 Å². The molecule has 4 atom stereocenters. The number of fused-ring (bicyclic) bond motifs is 1. The van der Waals surface area contributed by atoms with E-state index >= 15 is 0 Å². The second-order valence-corrected chi connectivity index (χ2v) is 6.99. The van der Waals surface area contributed by atoms with Crippen LogP contribution >= 0.6 is 0 Å². The van der Waals surface area contributed by atoms with E-state index in [0.29, 0.717) is 24.5 Å². The molecule has 0 amide bonds. The van der Waals surface area contributed by atoms with Gasteiger partial charge in [0.25, 0.3) is 0 Å². The summed E-state index contributed by atoms with van der Waals surface area (Å²) < 4.78 is 0. The van der Waals surface area contributed by atoms with E-state index in [9.17, 15) is 9.90 Å². The maximum Gasteiger partial charge on any atom is 0.136 e. The number of aliphatic hydroxyl groups is 1. The normalized spacial score (nSPS) is 54.1. The molecule has 4 fully saturated rings. The summed E-state index contributed by atoms with van der Waals surface area (Å²) >= 11 is 0. The average Bonchev–Trinajstić information content (AvgIpc) is 2.22. The minimum atomic E-state index is -0.611. The summed E-state index contributed by atoms with van der Waals surface area (Å²) in [6.07, 6.45) is 4.52. The van der Waals surface area contributed by atoms with Crippen molar-refractivity contribution in [2.24, 2.45) is 22.7 Å². The van der Waals surface area contributed by atoms with E-state index in [4.69, 9.17) is 0 Å². The number of hydrogen-bond acceptors (Lipinski definition) is 2. The summed E-state index contributed by atoms with van der Waals surface area (Å²) in [7, 11) is 0. The fourth-order valence-corrected chi connectivity index (χ4v) is 5.11. The third-order valence-electron chi connectivity index (χ3n) is 6.45. The van der Waals surface area contributed by atoms with Gasteiger partial charge < -0.3 is 5.11 Å². The van der Waals surface area contributed by atoms with Gasteiger partial charge in [0.2, 0.25) is 0 Å². The van der Waals surface area contributed by atoms with E-state index in [1.807, 2.05) is 0 Å². The fraction of sp³-hybridized carbons (Fsp3) is 0.929. The van der Waals surface area contributed by atoms with Crippen LogP contribution < -0.4 is 0 Å². The van der Waals surface area contributed by atoms with Crippen molar-refractivity contribution in [2.75, 3.05) is 0 Å². The Kier molecular flexibility index (Phi) is 1.83. The lowest BCUT2D eigenvalue weighted by Crippen LogP contribution is -2.71. The smallest absolute Gasteiger partial charge is 0.136 e. The van der Waals surface area contributed by atoms with Crippen LogP contribution in [0.25, 0.3) is 0 Å². The van der Waals surface area contributed by atoms with Crippen LogP contribution in [-0.2, 0) is 4.79 Å². The summed E-state index contributed by atoms with van der Waals surface area (Å²) in [5, 5.41) is 11.1. The lowest BCUT2D eigenvalue weighted by atomic mass is 9.37. The van der Waals surface area contributed by atoms with Crippen molar-refractivity contribution in [1.29, 1.82) is 0 Å². The molecule has 90 valence electrons. The molecule has 0 aromatic carbocycles. The zero-order valence-electron chi connectivity index (χ0n) is 10.5. The van der Waals surface area contributed by atoms with E-state index in [-0.39, 0.29) is 16.7 Å². The van der Waals surface area contributed by atoms with Gasteiger partial charge in [-0.05, 0) is 37.0 Å². The molecule has 4 rings (SSSR count). The number of hydrogen-bond donors (Lipinski definition) is 1. The van der Waals surface area contributed by atoms with E-state index in [0.717, 1.165) is 12.8 Å². The van der Waals surface area contributed by atoms with Crippen molar-refractivity contribution < 1.29 is 9.90 Å². The first-order chi connectivity index (χ1) is 7.33. The van der Waals surface area contributed by atoms with E-state index < -0.39 is 5.60 Å². The Morgan fingerprint density at radius 2 is 1.94 bits per heavy atom. The number of carbonyl (C=O) groups is 1. The van der Waals surface area contributed by atoms with Crippen LogP contribution in [0.4, 0.5) is 0 Å². The molecule has 1 N–H and O–H groups in total. The van der Waals surface area contributed by atoms with E-state index in [2.05, 4.69) is 20.8 Å². The first-order valence-electron chi connectivity index (χ1n) is 6.58. The molecule has 4 aliphatic rings. The molecular formula is C14H22O2. The molecular weight excluding hydrogens is 200 g/mol. The van der Waals surface area contributed by atoms with Crippen molar-refractivity contribution in [3.63, 3.8) is 0 Å². The Hall–Kier alpha value is -0.370. The molecule has 0 radical (unpaired) electrons. The Morgan fingerprint density at radius 3 is 2.62 bits per heavy atom. The van der Waals surface area contributed by atoms with Gasteiger partial charge in [0, 0.05) is 17.8 Å². The van der Waals surface area contributed by atoms with E-state index in [1.54, 1.807) is 0 Å². The van der Waals surface area contributed by atoms with Crippen LogP contribution in [0.3, 0.4) is 0 Å². The number of rotatable bonds is 0. The van der Waals surface area contributed by atoms with E-state index in [1.165, 1.54) is 6.42 Å². The highest BCUT2D eigenvalue weighted by Gasteiger charge is 2.70. The first-order valence-corrected chi connectivity index (χ1v) is 6.58. The van der Waals surface area contributed by atoms with Crippen molar-refractivity contribution in [3.05, 3.63) is 0 Å². The highest BCUT2D eigenvalue weighted by molar-refractivity contribution is 5.84. The Balaban J connectivity index is 2.16. The van der Waals surface area contributed by atoms with Crippen LogP contribution in [0.2, 0.25) is 0 Å². The highest BCUT2D eigenvalue weighted by Crippen LogP contribution is 2.69. The van der Waals surface area contributed by atoms with Gasteiger partial charge in [0.05, 0.1) is 5.60 Å². The maximum atomic E-state index is 12.0. The monoisotopic (exact) mass is 222 g/mol. The molecule has 4 unspecified atom stereocenters. The van der Waals surface area contributed by atoms with Crippen LogP contribution in [0, 0.1) is 22.7 Å². The van der Waals surface area contributed by atoms with Gasteiger partial charge >= 0.3 is 0 Å². The first kappa shape index (κ1) is 10.8. The SMILES string of the molecule is CC1(C)C2CCC3(C)C(C2)C(=O)CCC13O. The molecule has 0 aliphatic heterocycles. The van der Waals surface area contributed by atoms with Gasteiger partial charge in [-0.1, -0.05) is 20.8 Å². The minimum Gasteiger partial charge on any atom is -0.389 e. The molecule has 2 heteroatoms. The standard InChI is InChI=1S/C14H22O2/c1-12(2)9-4-6-13(3)10(8-9)11(15)5-7-14(12,13)16/h9-10,16H,4-8H2,1-3H3. The quantitative estimate of drug-likeness (QED) is 0.684. The van der Waals surface area contributed by atoms with Gasteiger partial charge in [-0.2, -0.15) is 0 Å². The van der Waals surface area contributed by atoms with Crippen LogP contribution in [0.15, 0.2) is 0 Å². The minimum absolute atomic E-state index is 0.0167. The molecule has 4 saturated carbocycles. The second kappa shape index (κ2) is 2.72. The summed E-state index contributed by atoms with van der Waals surface area (Å²) in [6.45, 7) is 6.58. The topological polar surface area (TPSA) is 37.3 Å². The maximum absolute atomic E-state index is 12.0. The zero-order valence-corrected chi connectivity index (χ0v) is 10.5. The van der Waals surface area contributed by atoms with Gasteiger partial charge in [0.15, 0.2) is 0 Å². The average molecular weight is 222 g/mol.